The van der Waals surface area contributed by atoms with Gasteiger partial charge in [0.25, 0.3) is 0 Å². The van der Waals surface area contributed by atoms with Crippen LogP contribution in [0, 0.1) is 0 Å². The number of sulfonamides is 1. The van der Waals surface area contributed by atoms with Crippen molar-refractivity contribution in [1.82, 2.24) is 9.21 Å². The van der Waals surface area contributed by atoms with Gasteiger partial charge in [0.2, 0.25) is 15.9 Å². The number of amides is 1. The highest BCUT2D eigenvalue weighted by Crippen LogP contribution is 2.18. The standard InChI is InChI=1S/C19H31N3O6S/c1-5-22(6-2)29(25,26)17-10-8-16(9-11-17)20-18(23)14-21(12-13-27-4)15-19(24)28-7-3/h8-11H,5-7,12-15H2,1-4H3,(H,20,23). The van der Waals surface area contributed by atoms with E-state index >= 15 is 0 Å². The van der Waals surface area contributed by atoms with Gasteiger partial charge in [-0.3, -0.25) is 14.5 Å². The molecular formula is C19H31N3O6S. The zero-order chi connectivity index (χ0) is 21.9. The molecule has 1 N–H and O–H groups in total. The molecule has 0 saturated carbocycles. The highest BCUT2D eigenvalue weighted by atomic mass is 32.2. The summed E-state index contributed by atoms with van der Waals surface area (Å²) in [4.78, 5) is 25.8. The first-order valence-corrected chi connectivity index (χ1v) is 11.0. The predicted octanol–water partition coefficient (Wildman–Crippen LogP) is 1.17. The van der Waals surface area contributed by atoms with E-state index in [1.807, 2.05) is 0 Å². The molecule has 0 bridgehead atoms. The van der Waals surface area contributed by atoms with E-state index in [0.717, 1.165) is 0 Å². The molecule has 0 aliphatic rings. The number of rotatable bonds is 13. The molecule has 9 nitrogen and oxygen atoms in total. The van der Waals surface area contributed by atoms with Crippen molar-refractivity contribution in [2.45, 2.75) is 25.7 Å². The second kappa shape index (κ2) is 12.5. The molecule has 0 unspecified atom stereocenters. The maximum absolute atomic E-state index is 12.5. The fourth-order valence-electron chi connectivity index (χ4n) is 2.65. The number of hydrogen-bond donors (Lipinski definition) is 1. The van der Waals surface area contributed by atoms with E-state index in [2.05, 4.69) is 5.32 Å². The number of nitrogens with zero attached hydrogens (tertiary/aromatic N) is 2. The van der Waals surface area contributed by atoms with Crippen molar-refractivity contribution in [2.24, 2.45) is 0 Å². The number of ether oxygens (including phenoxy) is 2. The topological polar surface area (TPSA) is 105 Å². The normalized spacial score (nSPS) is 11.7. The van der Waals surface area contributed by atoms with Crippen molar-refractivity contribution < 1.29 is 27.5 Å². The molecule has 0 aromatic heterocycles. The number of nitrogens with one attached hydrogen (secondary N) is 1. The van der Waals surface area contributed by atoms with Crippen LogP contribution in [0.4, 0.5) is 5.69 Å². The SMILES string of the molecule is CCOC(=O)CN(CCOC)CC(=O)Nc1ccc(S(=O)(=O)N(CC)CC)cc1. The van der Waals surface area contributed by atoms with E-state index < -0.39 is 16.0 Å². The fraction of sp³-hybridized carbons (Fsp3) is 0.579. The van der Waals surface area contributed by atoms with Crippen LogP contribution in [0.5, 0.6) is 0 Å². The lowest BCUT2D eigenvalue weighted by molar-refractivity contribution is -0.144. The second-order valence-corrected chi connectivity index (χ2v) is 8.11. The highest BCUT2D eigenvalue weighted by Gasteiger charge is 2.21. The minimum Gasteiger partial charge on any atom is -0.465 e. The summed E-state index contributed by atoms with van der Waals surface area (Å²) >= 11 is 0. The highest BCUT2D eigenvalue weighted by molar-refractivity contribution is 7.89. The van der Waals surface area contributed by atoms with Gasteiger partial charge >= 0.3 is 5.97 Å². The lowest BCUT2D eigenvalue weighted by Crippen LogP contribution is -2.39. The van der Waals surface area contributed by atoms with Crippen LogP contribution in [-0.4, -0.2) is 82.5 Å². The number of anilines is 1. The van der Waals surface area contributed by atoms with Gasteiger partial charge < -0.3 is 14.8 Å². The van der Waals surface area contributed by atoms with Crippen molar-refractivity contribution in [3.05, 3.63) is 24.3 Å². The van der Waals surface area contributed by atoms with E-state index in [1.54, 1.807) is 37.8 Å². The van der Waals surface area contributed by atoms with Gasteiger partial charge in [-0.05, 0) is 31.2 Å². The molecule has 0 spiro atoms. The molecule has 0 atom stereocenters. The summed E-state index contributed by atoms with van der Waals surface area (Å²) in [5, 5.41) is 2.71. The first kappa shape index (κ1) is 25.0. The van der Waals surface area contributed by atoms with Crippen LogP contribution < -0.4 is 5.32 Å². The van der Waals surface area contributed by atoms with Gasteiger partial charge in [0.1, 0.15) is 0 Å². The zero-order valence-electron chi connectivity index (χ0n) is 17.5. The van der Waals surface area contributed by atoms with Crippen molar-refractivity contribution in [3.63, 3.8) is 0 Å². The van der Waals surface area contributed by atoms with Crippen LogP contribution >= 0.6 is 0 Å². The molecule has 1 aromatic carbocycles. The van der Waals surface area contributed by atoms with Crippen LogP contribution in [0.3, 0.4) is 0 Å². The van der Waals surface area contributed by atoms with Crippen LogP contribution in [0.25, 0.3) is 0 Å². The minimum absolute atomic E-state index is 0.0222. The molecule has 1 amide bonds. The zero-order valence-corrected chi connectivity index (χ0v) is 18.3. The van der Waals surface area contributed by atoms with E-state index in [0.29, 0.717) is 31.9 Å². The van der Waals surface area contributed by atoms with Gasteiger partial charge in [0.15, 0.2) is 0 Å². The number of carbonyl (C=O) groups excluding carboxylic acids is 2. The Hall–Kier alpha value is -2.01. The molecule has 1 rings (SSSR count). The molecule has 0 radical (unpaired) electrons. The Kier molecular flexibility index (Phi) is 10.8. The summed E-state index contributed by atoms with van der Waals surface area (Å²) in [7, 11) is -2.01. The molecule has 0 aliphatic carbocycles. The average molecular weight is 430 g/mol. The maximum atomic E-state index is 12.5. The van der Waals surface area contributed by atoms with Crippen LogP contribution in [0.2, 0.25) is 0 Å². The molecule has 0 fully saturated rings. The van der Waals surface area contributed by atoms with Gasteiger partial charge in [-0.2, -0.15) is 4.31 Å². The lowest BCUT2D eigenvalue weighted by Gasteiger charge is -2.20. The smallest absolute Gasteiger partial charge is 0.320 e. The van der Waals surface area contributed by atoms with Crippen molar-refractivity contribution in [1.29, 1.82) is 0 Å². The number of benzene rings is 1. The summed E-state index contributed by atoms with van der Waals surface area (Å²) in [6.45, 7) is 7.02. The third-order valence-corrected chi connectivity index (χ3v) is 6.18. The maximum Gasteiger partial charge on any atom is 0.320 e. The number of carbonyl (C=O) groups is 2. The number of hydrogen-bond acceptors (Lipinski definition) is 7. The summed E-state index contributed by atoms with van der Waals surface area (Å²) in [5.41, 5.74) is 0.469. The third kappa shape index (κ3) is 8.09. The largest absolute Gasteiger partial charge is 0.465 e. The van der Waals surface area contributed by atoms with Crippen molar-refractivity contribution in [3.8, 4) is 0 Å². The van der Waals surface area contributed by atoms with E-state index in [4.69, 9.17) is 9.47 Å². The monoisotopic (exact) mass is 429 g/mol. The van der Waals surface area contributed by atoms with E-state index in [1.165, 1.54) is 23.5 Å². The van der Waals surface area contributed by atoms with Gasteiger partial charge in [0.05, 0.1) is 31.2 Å². The number of esters is 1. The molecule has 0 aliphatic heterocycles. The second-order valence-electron chi connectivity index (χ2n) is 6.17. The predicted molar refractivity (Wildman–Crippen MR) is 110 cm³/mol. The first-order chi connectivity index (χ1) is 13.8. The Balaban J connectivity index is 2.76. The average Bonchev–Trinajstić information content (AvgIpc) is 2.67. The first-order valence-electron chi connectivity index (χ1n) is 9.55. The fourth-order valence-corrected chi connectivity index (χ4v) is 4.11. The molecule has 0 saturated heterocycles. The van der Waals surface area contributed by atoms with Gasteiger partial charge in [0, 0.05) is 32.4 Å². The molecule has 0 heterocycles. The van der Waals surface area contributed by atoms with E-state index in [-0.39, 0.29) is 30.5 Å². The molecule has 1 aromatic rings. The number of methoxy groups -OCH3 is 1. The Morgan fingerprint density at radius 1 is 1.03 bits per heavy atom. The molecule has 164 valence electrons. The van der Waals surface area contributed by atoms with Crippen molar-refractivity contribution >= 4 is 27.6 Å². The minimum atomic E-state index is -3.55. The summed E-state index contributed by atoms with van der Waals surface area (Å²) < 4.78 is 36.3. The Morgan fingerprint density at radius 3 is 2.17 bits per heavy atom. The van der Waals surface area contributed by atoms with E-state index in [9.17, 15) is 18.0 Å². The Morgan fingerprint density at radius 2 is 1.66 bits per heavy atom. The van der Waals surface area contributed by atoms with Gasteiger partial charge in [-0.25, -0.2) is 8.42 Å². The lowest BCUT2D eigenvalue weighted by atomic mass is 10.3. The Bertz CT molecular complexity index is 748. The summed E-state index contributed by atoms with van der Waals surface area (Å²) in [6, 6.07) is 6.01. The van der Waals surface area contributed by atoms with Crippen LogP contribution in [0.1, 0.15) is 20.8 Å². The van der Waals surface area contributed by atoms with Gasteiger partial charge in [-0.1, -0.05) is 13.8 Å². The quantitative estimate of drug-likeness (QED) is 0.469. The molecule has 29 heavy (non-hydrogen) atoms. The summed E-state index contributed by atoms with van der Waals surface area (Å²) in [5.74, 6) is -0.743. The summed E-state index contributed by atoms with van der Waals surface area (Å²) in [6.07, 6.45) is 0. The molecule has 10 heteroatoms. The molecular weight excluding hydrogens is 398 g/mol. The third-order valence-electron chi connectivity index (χ3n) is 4.12. The van der Waals surface area contributed by atoms with Gasteiger partial charge in [-0.15, -0.1) is 0 Å². The van der Waals surface area contributed by atoms with Crippen molar-refractivity contribution in [2.75, 3.05) is 58.4 Å². The Labute approximate surface area is 173 Å². The van der Waals surface area contributed by atoms with Crippen LogP contribution in [-0.2, 0) is 29.1 Å². The van der Waals surface area contributed by atoms with Crippen LogP contribution in [0.15, 0.2) is 29.2 Å².